The first kappa shape index (κ1) is 26.0. The number of aromatic nitrogens is 3. The molecule has 4 aromatic rings. The van der Waals surface area contributed by atoms with Gasteiger partial charge in [0.15, 0.2) is 11.2 Å². The fourth-order valence-electron chi connectivity index (χ4n) is 4.68. The number of fused-ring (bicyclic) bond motifs is 2. The molecule has 4 heterocycles. The van der Waals surface area contributed by atoms with E-state index in [-0.39, 0.29) is 39.6 Å². The van der Waals surface area contributed by atoms with E-state index in [1.807, 2.05) is 11.8 Å². The Balaban J connectivity index is 1.61. The van der Waals surface area contributed by atoms with Crippen molar-refractivity contribution < 1.29 is 22.4 Å². The SMILES string of the molecule is CCc1c(N2CCNCC2)c(=O)c2nc3cc(C)oc3nc2n1CC(=O)Nc1ccc(C(F)(F)F)cc1Cl. The molecule has 1 aromatic carbocycles. The van der Waals surface area contributed by atoms with Gasteiger partial charge in [0.25, 0.3) is 0 Å². The van der Waals surface area contributed by atoms with Crippen molar-refractivity contribution in [1.82, 2.24) is 19.9 Å². The molecule has 0 unspecified atom stereocenters. The summed E-state index contributed by atoms with van der Waals surface area (Å²) in [5.74, 6) is 0.0112. The van der Waals surface area contributed by atoms with Crippen LogP contribution < -0.4 is 21.0 Å². The molecule has 0 aliphatic carbocycles. The minimum Gasteiger partial charge on any atom is -0.442 e. The number of halogens is 4. The van der Waals surface area contributed by atoms with Gasteiger partial charge in [-0.05, 0) is 31.5 Å². The van der Waals surface area contributed by atoms with Crippen molar-refractivity contribution in [2.45, 2.75) is 33.0 Å². The number of pyridine rings is 1. The quantitative estimate of drug-likeness (QED) is 0.386. The lowest BCUT2D eigenvalue weighted by Gasteiger charge is -2.31. The van der Waals surface area contributed by atoms with Crippen LogP contribution in [0.5, 0.6) is 0 Å². The number of aryl methyl sites for hydroxylation is 1. The predicted molar refractivity (Wildman–Crippen MR) is 138 cm³/mol. The van der Waals surface area contributed by atoms with E-state index in [0.717, 1.165) is 18.2 Å². The number of piperazine rings is 1. The monoisotopic (exact) mass is 548 g/mol. The van der Waals surface area contributed by atoms with Crippen LogP contribution in [0.3, 0.4) is 0 Å². The highest BCUT2D eigenvalue weighted by Crippen LogP contribution is 2.34. The first-order chi connectivity index (χ1) is 18.1. The second-order valence-corrected chi connectivity index (χ2v) is 9.39. The Labute approximate surface area is 219 Å². The highest BCUT2D eigenvalue weighted by Gasteiger charge is 2.31. The van der Waals surface area contributed by atoms with Gasteiger partial charge >= 0.3 is 6.18 Å². The lowest BCUT2D eigenvalue weighted by molar-refractivity contribution is -0.137. The number of amides is 1. The Bertz CT molecular complexity index is 1610. The van der Waals surface area contributed by atoms with Crippen molar-refractivity contribution >= 4 is 51.3 Å². The molecule has 1 amide bonds. The summed E-state index contributed by atoms with van der Waals surface area (Å²) in [5.41, 5.74) is 0.812. The second-order valence-electron chi connectivity index (χ2n) is 8.98. The zero-order valence-corrected chi connectivity index (χ0v) is 21.3. The van der Waals surface area contributed by atoms with Gasteiger partial charge in [0, 0.05) is 37.9 Å². The van der Waals surface area contributed by atoms with Gasteiger partial charge in [-0.25, -0.2) is 4.98 Å². The van der Waals surface area contributed by atoms with Crippen molar-refractivity contribution in [3.8, 4) is 0 Å². The zero-order valence-electron chi connectivity index (χ0n) is 20.6. The van der Waals surface area contributed by atoms with Gasteiger partial charge in [0.05, 0.1) is 16.3 Å². The van der Waals surface area contributed by atoms with Crippen LogP contribution in [0.15, 0.2) is 33.5 Å². The van der Waals surface area contributed by atoms with Gasteiger partial charge in [-0.1, -0.05) is 18.5 Å². The van der Waals surface area contributed by atoms with Crippen LogP contribution in [0.2, 0.25) is 5.02 Å². The molecule has 0 radical (unpaired) electrons. The van der Waals surface area contributed by atoms with Crippen LogP contribution in [0, 0.1) is 6.92 Å². The summed E-state index contributed by atoms with van der Waals surface area (Å²) in [7, 11) is 0. The minimum atomic E-state index is -4.56. The number of hydrogen-bond donors (Lipinski definition) is 2. The fourth-order valence-corrected chi connectivity index (χ4v) is 4.90. The van der Waals surface area contributed by atoms with Crippen molar-refractivity contribution in [2.75, 3.05) is 36.4 Å². The van der Waals surface area contributed by atoms with E-state index in [2.05, 4.69) is 20.6 Å². The van der Waals surface area contributed by atoms with Gasteiger partial charge in [0.1, 0.15) is 23.5 Å². The van der Waals surface area contributed by atoms with Crippen LogP contribution in [-0.4, -0.2) is 46.6 Å². The first-order valence-electron chi connectivity index (χ1n) is 12.0. The van der Waals surface area contributed by atoms with Crippen molar-refractivity contribution in [2.24, 2.45) is 0 Å². The van der Waals surface area contributed by atoms with E-state index in [0.29, 0.717) is 55.3 Å². The van der Waals surface area contributed by atoms with E-state index >= 15 is 0 Å². The number of carbonyl (C=O) groups is 1. The van der Waals surface area contributed by atoms with Crippen LogP contribution >= 0.6 is 11.6 Å². The fraction of sp³-hybridized carbons (Fsp3) is 0.360. The predicted octanol–water partition coefficient (Wildman–Crippen LogP) is 4.13. The Morgan fingerprint density at radius 2 is 1.95 bits per heavy atom. The molecule has 13 heteroatoms. The van der Waals surface area contributed by atoms with Crippen LogP contribution in [-0.2, 0) is 23.9 Å². The van der Waals surface area contributed by atoms with Crippen LogP contribution in [0.4, 0.5) is 24.5 Å². The van der Waals surface area contributed by atoms with Crippen molar-refractivity contribution in [3.63, 3.8) is 0 Å². The lowest BCUT2D eigenvalue weighted by atomic mass is 10.1. The average molecular weight is 549 g/mol. The Hall–Kier alpha value is -3.64. The standard InChI is InChI=1S/C25H24ClF3N6O3/c1-3-18-21(34-8-6-30-7-9-34)22(37)20-23(33-24-17(32-20)10-13(2)38-24)35(18)12-19(36)31-16-5-4-14(11-15(16)26)25(27,28)29/h4-5,10-11,30H,3,6-9,12H2,1-2H3,(H,31,36). The first-order valence-corrected chi connectivity index (χ1v) is 12.4. The number of carbonyl (C=O) groups excluding carboxylic acids is 1. The normalized spacial score (nSPS) is 14.4. The van der Waals surface area contributed by atoms with Gasteiger partial charge in [-0.3, -0.25) is 9.59 Å². The molecule has 0 atom stereocenters. The summed E-state index contributed by atoms with van der Waals surface area (Å²) in [6.07, 6.45) is -4.15. The second kappa shape index (κ2) is 9.91. The molecule has 1 aliphatic rings. The number of rotatable bonds is 5. The number of alkyl halides is 3. The van der Waals surface area contributed by atoms with E-state index in [9.17, 15) is 22.8 Å². The largest absolute Gasteiger partial charge is 0.442 e. The van der Waals surface area contributed by atoms with Crippen LogP contribution in [0.25, 0.3) is 22.4 Å². The number of nitrogens with one attached hydrogen (secondary N) is 2. The average Bonchev–Trinajstić information content (AvgIpc) is 3.24. The smallest absolute Gasteiger partial charge is 0.416 e. The van der Waals surface area contributed by atoms with Gasteiger partial charge in [-0.2, -0.15) is 18.2 Å². The maximum absolute atomic E-state index is 13.7. The molecular weight excluding hydrogens is 525 g/mol. The maximum Gasteiger partial charge on any atom is 0.416 e. The third-order valence-corrected chi connectivity index (χ3v) is 6.71. The summed E-state index contributed by atoms with van der Waals surface area (Å²) < 4.78 is 46.3. The Kier molecular flexibility index (Phi) is 6.78. The summed E-state index contributed by atoms with van der Waals surface area (Å²) in [5, 5.41) is 5.59. The van der Waals surface area contributed by atoms with Crippen LogP contribution in [0.1, 0.15) is 23.9 Å². The van der Waals surface area contributed by atoms with E-state index in [1.165, 1.54) is 0 Å². The third kappa shape index (κ3) is 4.81. The number of benzene rings is 1. The lowest BCUT2D eigenvalue weighted by Crippen LogP contribution is -2.46. The number of furan rings is 1. The molecule has 9 nitrogen and oxygen atoms in total. The molecule has 1 aliphatic heterocycles. The number of nitrogens with zero attached hydrogens (tertiary/aromatic N) is 4. The molecule has 0 saturated carbocycles. The van der Waals surface area contributed by atoms with E-state index in [1.54, 1.807) is 17.6 Å². The van der Waals surface area contributed by atoms with Crippen molar-refractivity contribution in [1.29, 1.82) is 0 Å². The molecule has 200 valence electrons. The zero-order chi connectivity index (χ0) is 27.2. The molecule has 1 fully saturated rings. The Morgan fingerprint density at radius 3 is 2.61 bits per heavy atom. The van der Waals surface area contributed by atoms with Gasteiger partial charge in [-0.15, -0.1) is 0 Å². The maximum atomic E-state index is 13.7. The Morgan fingerprint density at radius 1 is 1.21 bits per heavy atom. The summed E-state index contributed by atoms with van der Waals surface area (Å²) in [6, 6.07) is 4.39. The highest BCUT2D eigenvalue weighted by molar-refractivity contribution is 6.33. The molecule has 38 heavy (non-hydrogen) atoms. The third-order valence-electron chi connectivity index (χ3n) is 6.39. The van der Waals surface area contributed by atoms with Gasteiger partial charge in [0.2, 0.25) is 17.0 Å². The molecule has 2 N–H and O–H groups in total. The highest BCUT2D eigenvalue weighted by atomic mass is 35.5. The molecular formula is C25H24ClF3N6O3. The van der Waals surface area contributed by atoms with Gasteiger partial charge < -0.3 is 24.5 Å². The van der Waals surface area contributed by atoms with E-state index in [4.69, 9.17) is 16.0 Å². The summed E-state index contributed by atoms with van der Waals surface area (Å²) >= 11 is 6.04. The molecule has 5 rings (SSSR count). The van der Waals surface area contributed by atoms with Crippen molar-refractivity contribution in [3.05, 3.63) is 56.5 Å². The molecule has 0 spiro atoms. The molecule has 1 saturated heterocycles. The number of anilines is 2. The number of hydrogen-bond acceptors (Lipinski definition) is 7. The molecule has 3 aromatic heterocycles. The minimum absolute atomic E-state index is 0.0329. The topological polar surface area (TPSA) is 105 Å². The molecule has 0 bridgehead atoms. The summed E-state index contributed by atoms with van der Waals surface area (Å²) in [6.45, 7) is 5.92. The van der Waals surface area contributed by atoms with E-state index < -0.39 is 17.6 Å². The summed E-state index contributed by atoms with van der Waals surface area (Å²) in [4.78, 5) is 38.0.